The third-order valence-electron chi connectivity index (χ3n) is 5.57. The zero-order chi connectivity index (χ0) is 20.9. The van der Waals surface area contributed by atoms with Crippen molar-refractivity contribution in [2.45, 2.75) is 18.4 Å². The summed E-state index contributed by atoms with van der Waals surface area (Å²) in [5.74, 6) is -1.31. The van der Waals surface area contributed by atoms with Gasteiger partial charge < -0.3 is 24.6 Å². The smallest absolute Gasteiger partial charge is 0.197 e. The number of nitrogens with zero attached hydrogens (tertiary/aromatic N) is 1. The van der Waals surface area contributed by atoms with E-state index in [4.69, 9.17) is 4.42 Å². The number of benzene rings is 2. The van der Waals surface area contributed by atoms with Crippen LogP contribution in [0.5, 0.6) is 11.5 Å². The maximum Gasteiger partial charge on any atom is 0.197 e. The molecule has 8 heteroatoms. The summed E-state index contributed by atoms with van der Waals surface area (Å²) in [7, 11) is 1.87. The molecule has 1 fully saturated rings. The van der Waals surface area contributed by atoms with Gasteiger partial charge in [-0.25, -0.2) is 4.39 Å². The average molecular weight is 464 g/mol. The number of phenols is 2. The Labute approximate surface area is 173 Å². The summed E-state index contributed by atoms with van der Waals surface area (Å²) in [5, 5.41) is 30.7. The molecule has 3 aromatic rings. The molecule has 0 amide bonds. The molecule has 1 aromatic heterocycles. The van der Waals surface area contributed by atoms with E-state index in [1.807, 2.05) is 11.9 Å². The number of hydrogen-bond acceptors (Lipinski definition) is 6. The van der Waals surface area contributed by atoms with Gasteiger partial charge in [-0.1, -0.05) is 15.9 Å². The number of likely N-dealkylation sites (N-methyl/N-ethyl adjacent to an activating group) is 1. The highest BCUT2D eigenvalue weighted by molar-refractivity contribution is 9.10. The van der Waals surface area contributed by atoms with Crippen molar-refractivity contribution in [2.75, 3.05) is 20.2 Å². The Balaban J connectivity index is 2.03. The first-order valence-electron chi connectivity index (χ1n) is 9.11. The highest BCUT2D eigenvalue weighted by Gasteiger charge is 2.36. The van der Waals surface area contributed by atoms with Gasteiger partial charge in [0.2, 0.25) is 0 Å². The summed E-state index contributed by atoms with van der Waals surface area (Å²) in [5.41, 5.74) is 0.218. The molecule has 2 heterocycles. The van der Waals surface area contributed by atoms with Gasteiger partial charge in [-0.15, -0.1) is 0 Å². The number of hydrogen-bond donors (Lipinski definition) is 3. The number of halogens is 2. The summed E-state index contributed by atoms with van der Waals surface area (Å²) in [6.07, 6.45) is 0.632. The van der Waals surface area contributed by atoms with Crippen molar-refractivity contribution in [3.8, 4) is 22.8 Å². The van der Waals surface area contributed by atoms with Crippen LogP contribution in [0.4, 0.5) is 4.39 Å². The van der Waals surface area contributed by atoms with Crippen LogP contribution >= 0.6 is 15.9 Å². The maximum atomic E-state index is 13.8. The molecule has 0 radical (unpaired) electrons. The predicted octanol–water partition coefficient (Wildman–Crippen LogP) is 3.55. The zero-order valence-corrected chi connectivity index (χ0v) is 17.1. The molecule has 2 unspecified atom stereocenters. The second-order valence-electron chi connectivity index (χ2n) is 7.26. The van der Waals surface area contributed by atoms with Crippen molar-refractivity contribution in [1.82, 2.24) is 4.90 Å². The van der Waals surface area contributed by atoms with E-state index in [2.05, 4.69) is 15.9 Å². The molecule has 6 nitrogen and oxygen atoms in total. The Morgan fingerprint density at radius 1 is 1.24 bits per heavy atom. The van der Waals surface area contributed by atoms with Crippen molar-refractivity contribution in [1.29, 1.82) is 0 Å². The van der Waals surface area contributed by atoms with Gasteiger partial charge in [0.15, 0.2) is 5.43 Å². The molecule has 0 spiro atoms. The van der Waals surface area contributed by atoms with Crippen LogP contribution in [-0.2, 0) is 0 Å². The summed E-state index contributed by atoms with van der Waals surface area (Å²) in [6.45, 7) is 0.555. The molecule has 1 saturated heterocycles. The highest BCUT2D eigenvalue weighted by atomic mass is 79.9. The Morgan fingerprint density at radius 2 is 2.00 bits per heavy atom. The van der Waals surface area contributed by atoms with Crippen LogP contribution in [0.3, 0.4) is 0 Å². The van der Waals surface area contributed by atoms with E-state index < -0.39 is 17.0 Å². The molecule has 1 aliphatic rings. The van der Waals surface area contributed by atoms with Crippen molar-refractivity contribution in [3.63, 3.8) is 0 Å². The predicted molar refractivity (Wildman–Crippen MR) is 110 cm³/mol. The van der Waals surface area contributed by atoms with E-state index in [1.54, 1.807) is 0 Å². The van der Waals surface area contributed by atoms with E-state index in [-0.39, 0.29) is 41.0 Å². The number of likely N-dealkylation sites (tertiary alicyclic amines) is 1. The highest BCUT2D eigenvalue weighted by Crippen LogP contribution is 2.44. The largest absolute Gasteiger partial charge is 0.507 e. The standard InChI is InChI=1S/C21H19BrFNO5/c1-24-5-4-11(14(24)9-25)19-15(26)7-16(27)20-17(28)8-18(29-21(19)20)12-6-10(23)2-3-13(12)22/h2-3,6-8,11,14,25-27H,4-5,9H2,1H3. The SMILES string of the molecule is CN1CCC(c2c(O)cc(O)c3c(=O)cc(-c4cc(F)ccc4Br)oc23)C1CO. The Bertz CT molecular complexity index is 1160. The molecule has 4 rings (SSSR count). The van der Waals surface area contributed by atoms with Gasteiger partial charge in [-0.05, 0) is 38.2 Å². The van der Waals surface area contributed by atoms with Crippen molar-refractivity contribution in [2.24, 2.45) is 0 Å². The van der Waals surface area contributed by atoms with Gasteiger partial charge in [0.1, 0.15) is 34.0 Å². The van der Waals surface area contributed by atoms with Crippen LogP contribution < -0.4 is 5.43 Å². The quantitative estimate of drug-likeness (QED) is 0.549. The van der Waals surface area contributed by atoms with Gasteiger partial charge in [0.25, 0.3) is 0 Å². The summed E-state index contributed by atoms with van der Waals surface area (Å²) in [6, 6.07) is 6.05. The van der Waals surface area contributed by atoms with E-state index in [0.29, 0.717) is 28.6 Å². The minimum atomic E-state index is -0.511. The van der Waals surface area contributed by atoms with Crippen LogP contribution in [0.25, 0.3) is 22.3 Å². The van der Waals surface area contributed by atoms with Gasteiger partial charge in [-0.2, -0.15) is 0 Å². The first kappa shape index (κ1) is 19.9. The van der Waals surface area contributed by atoms with Gasteiger partial charge in [0.05, 0.1) is 6.61 Å². The second kappa shape index (κ2) is 7.44. The molecule has 0 saturated carbocycles. The van der Waals surface area contributed by atoms with E-state index in [0.717, 1.165) is 6.07 Å². The zero-order valence-electron chi connectivity index (χ0n) is 15.5. The van der Waals surface area contributed by atoms with Crippen LogP contribution in [0.2, 0.25) is 0 Å². The molecule has 2 aromatic carbocycles. The third-order valence-corrected chi connectivity index (χ3v) is 6.26. The van der Waals surface area contributed by atoms with Crippen LogP contribution in [0.1, 0.15) is 17.9 Å². The molecular formula is C21H19BrFNO5. The van der Waals surface area contributed by atoms with Crippen LogP contribution in [0, 0.1) is 5.82 Å². The maximum absolute atomic E-state index is 13.8. The Hall–Kier alpha value is -2.42. The molecule has 29 heavy (non-hydrogen) atoms. The summed E-state index contributed by atoms with van der Waals surface area (Å²) >= 11 is 3.33. The Kier molecular flexibility index (Phi) is 5.10. The number of aliphatic hydroxyl groups excluding tert-OH is 1. The number of fused-ring (bicyclic) bond motifs is 1. The van der Waals surface area contributed by atoms with Crippen molar-refractivity contribution in [3.05, 3.63) is 56.4 Å². The lowest BCUT2D eigenvalue weighted by atomic mass is 9.89. The van der Waals surface area contributed by atoms with E-state index in [9.17, 15) is 24.5 Å². The normalized spacial score (nSPS) is 19.9. The average Bonchev–Trinajstić information content (AvgIpc) is 3.03. The first-order valence-corrected chi connectivity index (χ1v) is 9.90. The number of aliphatic hydroxyl groups is 1. The van der Waals surface area contributed by atoms with E-state index >= 15 is 0 Å². The van der Waals surface area contributed by atoms with Crippen molar-refractivity contribution < 1.29 is 24.1 Å². The minimum Gasteiger partial charge on any atom is -0.507 e. The number of phenolic OH excluding ortho intramolecular Hbond substituents is 2. The molecular weight excluding hydrogens is 445 g/mol. The lowest BCUT2D eigenvalue weighted by molar-refractivity contribution is 0.172. The number of rotatable bonds is 3. The summed E-state index contributed by atoms with van der Waals surface area (Å²) in [4.78, 5) is 14.8. The van der Waals surface area contributed by atoms with Crippen LogP contribution in [-0.4, -0.2) is 46.5 Å². The second-order valence-corrected chi connectivity index (χ2v) is 8.11. The lowest BCUT2D eigenvalue weighted by Gasteiger charge is -2.24. The molecule has 2 atom stereocenters. The third kappa shape index (κ3) is 3.31. The van der Waals surface area contributed by atoms with E-state index in [1.165, 1.54) is 24.3 Å². The molecule has 1 aliphatic heterocycles. The van der Waals surface area contributed by atoms with Crippen LogP contribution in [0.15, 0.2) is 44.0 Å². The van der Waals surface area contributed by atoms with Gasteiger partial charge >= 0.3 is 0 Å². The lowest BCUT2D eigenvalue weighted by Crippen LogP contribution is -2.32. The molecule has 3 N–H and O–H groups in total. The molecule has 152 valence electrons. The fourth-order valence-electron chi connectivity index (χ4n) is 4.11. The first-order chi connectivity index (χ1) is 13.8. The molecule has 0 bridgehead atoms. The van der Waals surface area contributed by atoms with Gasteiger partial charge in [0, 0.05) is 39.7 Å². The monoisotopic (exact) mass is 463 g/mol. The molecule has 0 aliphatic carbocycles. The van der Waals surface area contributed by atoms with Gasteiger partial charge in [-0.3, -0.25) is 4.79 Å². The summed E-state index contributed by atoms with van der Waals surface area (Å²) < 4.78 is 20.3. The Morgan fingerprint density at radius 3 is 2.72 bits per heavy atom. The minimum absolute atomic E-state index is 0.0416. The fourth-order valence-corrected chi connectivity index (χ4v) is 4.55. The van der Waals surface area contributed by atoms with Crippen molar-refractivity contribution >= 4 is 26.9 Å². The number of aromatic hydroxyl groups is 2. The fraction of sp³-hybridized carbons (Fsp3) is 0.286. The topological polar surface area (TPSA) is 94.1 Å².